The third-order valence-corrected chi connectivity index (χ3v) is 2.45. The van der Waals surface area contributed by atoms with Gasteiger partial charge in [-0.15, -0.1) is 0 Å². The summed E-state index contributed by atoms with van der Waals surface area (Å²) in [5, 5.41) is 22.1. The fourth-order valence-corrected chi connectivity index (χ4v) is 1.77. The van der Waals surface area contributed by atoms with Crippen LogP contribution in [0.2, 0.25) is 0 Å². The first kappa shape index (κ1) is 8.38. The SMILES string of the molecule is Oc1ccc(O)c([C@@H]2CCCN2)c1. The Morgan fingerprint density at radius 2 is 2.15 bits per heavy atom. The summed E-state index contributed by atoms with van der Waals surface area (Å²) in [6, 6.07) is 4.85. The minimum atomic E-state index is 0.201. The molecule has 0 aliphatic carbocycles. The second-order valence-electron chi connectivity index (χ2n) is 3.39. The lowest BCUT2D eigenvalue weighted by atomic mass is 10.0. The summed E-state index contributed by atoms with van der Waals surface area (Å²) in [5.41, 5.74) is 0.803. The molecular weight excluding hydrogens is 166 g/mol. The predicted molar refractivity (Wildman–Crippen MR) is 49.7 cm³/mol. The van der Waals surface area contributed by atoms with Gasteiger partial charge in [-0.1, -0.05) is 0 Å². The summed E-state index contributed by atoms with van der Waals surface area (Å²) in [6.45, 7) is 0.986. The molecule has 1 atom stereocenters. The van der Waals surface area contributed by atoms with E-state index in [4.69, 9.17) is 0 Å². The first-order valence-electron chi connectivity index (χ1n) is 4.52. The zero-order chi connectivity index (χ0) is 9.26. The Hall–Kier alpha value is -1.22. The fraction of sp³-hybridized carbons (Fsp3) is 0.400. The lowest BCUT2D eigenvalue weighted by Gasteiger charge is -2.12. The maximum Gasteiger partial charge on any atom is 0.120 e. The van der Waals surface area contributed by atoms with Crippen molar-refractivity contribution in [3.8, 4) is 11.5 Å². The summed E-state index contributed by atoms with van der Waals surface area (Å²) >= 11 is 0. The van der Waals surface area contributed by atoms with Crippen LogP contribution in [0.3, 0.4) is 0 Å². The normalized spacial score (nSPS) is 22.0. The maximum absolute atomic E-state index is 9.54. The number of phenols is 2. The highest BCUT2D eigenvalue weighted by Crippen LogP contribution is 2.32. The molecule has 3 nitrogen and oxygen atoms in total. The van der Waals surface area contributed by atoms with E-state index < -0.39 is 0 Å². The minimum Gasteiger partial charge on any atom is -0.508 e. The Morgan fingerprint density at radius 3 is 2.85 bits per heavy atom. The highest BCUT2D eigenvalue weighted by Gasteiger charge is 2.19. The van der Waals surface area contributed by atoms with E-state index in [2.05, 4.69) is 5.32 Å². The number of nitrogens with one attached hydrogen (secondary N) is 1. The van der Waals surface area contributed by atoms with Crippen molar-refractivity contribution in [3.63, 3.8) is 0 Å². The number of rotatable bonds is 1. The highest BCUT2D eigenvalue weighted by atomic mass is 16.3. The van der Waals surface area contributed by atoms with Gasteiger partial charge in [0, 0.05) is 11.6 Å². The number of benzene rings is 1. The van der Waals surface area contributed by atoms with Crippen molar-refractivity contribution >= 4 is 0 Å². The number of phenolic OH excluding ortho intramolecular Hbond substituents is 2. The molecule has 0 amide bonds. The van der Waals surface area contributed by atoms with Gasteiger partial charge >= 0.3 is 0 Å². The molecule has 1 fully saturated rings. The maximum atomic E-state index is 9.54. The van der Waals surface area contributed by atoms with Crippen molar-refractivity contribution in [1.29, 1.82) is 0 Å². The molecule has 3 N–H and O–H groups in total. The summed E-state index contributed by atoms with van der Waals surface area (Å²) in [6.07, 6.45) is 2.15. The summed E-state index contributed by atoms with van der Waals surface area (Å²) in [7, 11) is 0. The lowest BCUT2D eigenvalue weighted by molar-refractivity contribution is 0.444. The Balaban J connectivity index is 2.32. The number of hydrogen-bond acceptors (Lipinski definition) is 3. The van der Waals surface area contributed by atoms with Crippen molar-refractivity contribution < 1.29 is 10.2 Å². The van der Waals surface area contributed by atoms with E-state index in [1.165, 1.54) is 12.1 Å². The van der Waals surface area contributed by atoms with Crippen LogP contribution in [0.25, 0.3) is 0 Å². The van der Waals surface area contributed by atoms with Crippen LogP contribution in [-0.2, 0) is 0 Å². The van der Waals surface area contributed by atoms with E-state index in [0.717, 1.165) is 24.9 Å². The average molecular weight is 179 g/mol. The number of hydrogen-bond donors (Lipinski definition) is 3. The van der Waals surface area contributed by atoms with Crippen LogP contribution in [0, 0.1) is 0 Å². The van der Waals surface area contributed by atoms with Crippen molar-refractivity contribution in [2.75, 3.05) is 6.54 Å². The standard InChI is InChI=1S/C10H13NO2/c12-7-3-4-10(13)8(6-7)9-2-1-5-11-9/h3-4,6,9,11-13H,1-2,5H2/t9-/m0/s1. The van der Waals surface area contributed by atoms with Crippen LogP contribution in [-0.4, -0.2) is 16.8 Å². The average Bonchev–Trinajstić information content (AvgIpc) is 2.61. The molecule has 70 valence electrons. The molecule has 1 heterocycles. The molecule has 0 unspecified atom stereocenters. The Morgan fingerprint density at radius 1 is 1.31 bits per heavy atom. The first-order chi connectivity index (χ1) is 6.27. The zero-order valence-corrected chi connectivity index (χ0v) is 7.33. The third kappa shape index (κ3) is 1.60. The van der Waals surface area contributed by atoms with Gasteiger partial charge in [0.2, 0.25) is 0 Å². The van der Waals surface area contributed by atoms with Gasteiger partial charge in [-0.05, 0) is 37.6 Å². The molecule has 2 rings (SSSR count). The molecule has 0 radical (unpaired) electrons. The molecule has 3 heteroatoms. The molecule has 0 bridgehead atoms. The third-order valence-electron chi connectivity index (χ3n) is 2.45. The molecule has 0 spiro atoms. The Labute approximate surface area is 77.0 Å². The van der Waals surface area contributed by atoms with Crippen molar-refractivity contribution in [2.45, 2.75) is 18.9 Å². The highest BCUT2D eigenvalue weighted by molar-refractivity contribution is 5.40. The second-order valence-corrected chi connectivity index (χ2v) is 3.39. The van der Waals surface area contributed by atoms with E-state index in [9.17, 15) is 10.2 Å². The smallest absolute Gasteiger partial charge is 0.120 e. The monoisotopic (exact) mass is 179 g/mol. The van der Waals surface area contributed by atoms with Crippen LogP contribution >= 0.6 is 0 Å². The van der Waals surface area contributed by atoms with Gasteiger partial charge in [-0.25, -0.2) is 0 Å². The molecule has 1 aliphatic heterocycles. The van der Waals surface area contributed by atoms with Gasteiger partial charge in [-0.3, -0.25) is 0 Å². The van der Waals surface area contributed by atoms with Crippen LogP contribution in [0.15, 0.2) is 18.2 Å². The second kappa shape index (κ2) is 3.26. The summed E-state index contributed by atoms with van der Waals surface area (Å²) < 4.78 is 0. The van der Waals surface area contributed by atoms with E-state index >= 15 is 0 Å². The molecule has 0 aromatic heterocycles. The fourth-order valence-electron chi connectivity index (χ4n) is 1.77. The molecule has 0 saturated carbocycles. The van der Waals surface area contributed by atoms with Crippen LogP contribution in [0.5, 0.6) is 11.5 Å². The van der Waals surface area contributed by atoms with Crippen LogP contribution in [0.1, 0.15) is 24.4 Å². The lowest BCUT2D eigenvalue weighted by Crippen LogP contribution is -2.12. The van der Waals surface area contributed by atoms with Gasteiger partial charge in [-0.2, -0.15) is 0 Å². The zero-order valence-electron chi connectivity index (χ0n) is 7.33. The Bertz CT molecular complexity index is 306. The van der Waals surface area contributed by atoms with Gasteiger partial charge in [0.15, 0.2) is 0 Å². The van der Waals surface area contributed by atoms with E-state index in [1.807, 2.05) is 0 Å². The van der Waals surface area contributed by atoms with E-state index in [0.29, 0.717) is 0 Å². The molecule has 13 heavy (non-hydrogen) atoms. The molecule has 1 aliphatic rings. The minimum absolute atomic E-state index is 0.201. The van der Waals surface area contributed by atoms with E-state index in [-0.39, 0.29) is 17.5 Å². The van der Waals surface area contributed by atoms with Crippen molar-refractivity contribution in [3.05, 3.63) is 23.8 Å². The van der Waals surface area contributed by atoms with Gasteiger partial charge in [0.1, 0.15) is 11.5 Å². The summed E-state index contributed by atoms with van der Waals surface area (Å²) in [5.74, 6) is 0.471. The van der Waals surface area contributed by atoms with E-state index in [1.54, 1.807) is 6.07 Å². The molecule has 1 saturated heterocycles. The van der Waals surface area contributed by atoms with Crippen molar-refractivity contribution in [2.24, 2.45) is 0 Å². The van der Waals surface area contributed by atoms with Crippen molar-refractivity contribution in [1.82, 2.24) is 5.32 Å². The van der Waals surface area contributed by atoms with Gasteiger partial charge < -0.3 is 15.5 Å². The first-order valence-corrected chi connectivity index (χ1v) is 4.52. The topological polar surface area (TPSA) is 52.5 Å². The van der Waals surface area contributed by atoms with Gasteiger partial charge in [0.05, 0.1) is 0 Å². The molecule has 1 aromatic rings. The molecular formula is C10H13NO2. The van der Waals surface area contributed by atoms with Crippen LogP contribution < -0.4 is 5.32 Å². The predicted octanol–water partition coefficient (Wildman–Crippen LogP) is 1.52. The summed E-state index contributed by atoms with van der Waals surface area (Å²) in [4.78, 5) is 0. The largest absolute Gasteiger partial charge is 0.508 e. The quantitative estimate of drug-likeness (QED) is 0.573. The Kier molecular flexibility index (Phi) is 2.10. The van der Waals surface area contributed by atoms with Gasteiger partial charge in [0.25, 0.3) is 0 Å². The number of aromatic hydroxyl groups is 2. The molecule has 1 aromatic carbocycles. The van der Waals surface area contributed by atoms with Crippen LogP contribution in [0.4, 0.5) is 0 Å².